The van der Waals surface area contributed by atoms with Crippen molar-refractivity contribution in [2.45, 2.75) is 25.8 Å². The topological polar surface area (TPSA) is 38.0 Å². The van der Waals surface area contributed by atoms with Gasteiger partial charge in [-0.3, -0.25) is 0 Å². The van der Waals surface area contributed by atoms with Crippen LogP contribution in [0.3, 0.4) is 0 Å². The molecule has 1 aliphatic heterocycles. The highest BCUT2D eigenvalue weighted by atomic mass is 14.9. The Morgan fingerprint density at radius 2 is 2.44 bits per heavy atom. The predicted octanol–water partition coefficient (Wildman–Crippen LogP) is 0.333. The summed E-state index contributed by atoms with van der Waals surface area (Å²) in [7, 11) is 0. The molecule has 1 rings (SSSR count). The number of piperidine rings is 1. The van der Waals surface area contributed by atoms with E-state index in [0.717, 1.165) is 25.4 Å². The highest BCUT2D eigenvalue weighted by Crippen LogP contribution is 2.11. The van der Waals surface area contributed by atoms with E-state index in [0.29, 0.717) is 6.04 Å². The molecule has 1 aliphatic rings. The van der Waals surface area contributed by atoms with Crippen LogP contribution in [0.2, 0.25) is 0 Å². The van der Waals surface area contributed by atoms with Crippen LogP contribution in [0.5, 0.6) is 0 Å². The molecule has 2 heteroatoms. The van der Waals surface area contributed by atoms with Crippen LogP contribution in [-0.4, -0.2) is 19.1 Å². The van der Waals surface area contributed by atoms with E-state index in [4.69, 9.17) is 5.73 Å². The zero-order valence-electron chi connectivity index (χ0n) is 6.06. The second kappa shape index (κ2) is 3.18. The van der Waals surface area contributed by atoms with Gasteiger partial charge in [-0.15, -0.1) is 0 Å². The van der Waals surface area contributed by atoms with Crippen molar-refractivity contribution >= 4 is 0 Å². The summed E-state index contributed by atoms with van der Waals surface area (Å²) in [5.74, 6) is 0.721. The van der Waals surface area contributed by atoms with Gasteiger partial charge in [0, 0.05) is 6.04 Å². The molecule has 1 fully saturated rings. The number of rotatable bonds is 1. The third kappa shape index (κ3) is 1.66. The van der Waals surface area contributed by atoms with Crippen LogP contribution in [0.25, 0.3) is 0 Å². The maximum atomic E-state index is 5.85. The summed E-state index contributed by atoms with van der Waals surface area (Å²) >= 11 is 0. The van der Waals surface area contributed by atoms with Crippen molar-refractivity contribution in [1.82, 2.24) is 5.32 Å². The molecule has 0 radical (unpaired) electrons. The fourth-order valence-corrected chi connectivity index (χ4v) is 1.39. The van der Waals surface area contributed by atoms with Crippen LogP contribution >= 0.6 is 0 Å². The normalized spacial score (nSPS) is 36.7. The van der Waals surface area contributed by atoms with Gasteiger partial charge in [-0.2, -0.15) is 0 Å². The van der Waals surface area contributed by atoms with Crippen LogP contribution in [0.4, 0.5) is 0 Å². The van der Waals surface area contributed by atoms with Crippen molar-refractivity contribution in [3.63, 3.8) is 0 Å². The molecule has 0 saturated carbocycles. The van der Waals surface area contributed by atoms with Gasteiger partial charge in [-0.1, -0.05) is 13.3 Å². The predicted molar refractivity (Wildman–Crippen MR) is 39.2 cm³/mol. The zero-order chi connectivity index (χ0) is 6.69. The first-order valence-electron chi connectivity index (χ1n) is 3.81. The van der Waals surface area contributed by atoms with Crippen LogP contribution < -0.4 is 11.1 Å². The Bertz CT molecular complexity index is 83.0. The summed E-state index contributed by atoms with van der Waals surface area (Å²) in [6.45, 7) is 4.44. The number of nitrogens with two attached hydrogens (primary N) is 1. The molecule has 0 bridgehead atoms. The van der Waals surface area contributed by atoms with Crippen LogP contribution in [0.15, 0.2) is 0 Å². The smallest absolute Gasteiger partial charge is 0.00912 e. The molecule has 3 N–H and O–H groups in total. The molecule has 0 aromatic rings. The van der Waals surface area contributed by atoms with Crippen LogP contribution in [0, 0.1) is 5.92 Å². The van der Waals surface area contributed by atoms with E-state index in [2.05, 4.69) is 12.2 Å². The van der Waals surface area contributed by atoms with Crippen LogP contribution in [0.1, 0.15) is 19.8 Å². The molecule has 0 unspecified atom stereocenters. The van der Waals surface area contributed by atoms with Crippen molar-refractivity contribution < 1.29 is 0 Å². The average Bonchev–Trinajstić information content (AvgIpc) is 1.89. The molecular weight excluding hydrogens is 112 g/mol. The Morgan fingerprint density at radius 3 is 2.89 bits per heavy atom. The summed E-state index contributed by atoms with van der Waals surface area (Å²) in [5, 5.41) is 3.34. The first kappa shape index (κ1) is 7.03. The molecule has 0 aromatic heterocycles. The number of nitrogens with one attached hydrogen (secondary N) is 1. The number of hydrogen-bond acceptors (Lipinski definition) is 2. The van der Waals surface area contributed by atoms with Gasteiger partial charge in [0.1, 0.15) is 0 Å². The minimum atomic E-state index is 0.455. The maximum Gasteiger partial charge on any atom is 0.00912 e. The lowest BCUT2D eigenvalue weighted by atomic mass is 9.92. The van der Waals surface area contributed by atoms with Gasteiger partial charge < -0.3 is 11.1 Å². The highest BCUT2D eigenvalue weighted by molar-refractivity contribution is 4.78. The van der Waals surface area contributed by atoms with Gasteiger partial charge in [0.15, 0.2) is 0 Å². The first-order chi connectivity index (χ1) is 4.34. The fraction of sp³-hybridized carbons (Fsp3) is 1.00. The van der Waals surface area contributed by atoms with E-state index >= 15 is 0 Å². The Morgan fingerprint density at radius 1 is 1.67 bits per heavy atom. The van der Waals surface area contributed by atoms with E-state index in [1.165, 1.54) is 6.42 Å². The average molecular weight is 128 g/mol. The van der Waals surface area contributed by atoms with Crippen molar-refractivity contribution in [2.75, 3.05) is 13.1 Å². The van der Waals surface area contributed by atoms with E-state index in [9.17, 15) is 0 Å². The summed E-state index contributed by atoms with van der Waals surface area (Å²) in [5.41, 5.74) is 5.85. The quantitative estimate of drug-likeness (QED) is 0.534. The van der Waals surface area contributed by atoms with Crippen molar-refractivity contribution in [3.8, 4) is 0 Å². The van der Waals surface area contributed by atoms with E-state index in [1.807, 2.05) is 0 Å². The summed E-state index contributed by atoms with van der Waals surface area (Å²) in [4.78, 5) is 0. The molecule has 9 heavy (non-hydrogen) atoms. The van der Waals surface area contributed by atoms with Crippen molar-refractivity contribution in [3.05, 3.63) is 0 Å². The molecule has 0 aliphatic carbocycles. The summed E-state index contributed by atoms with van der Waals surface area (Å²) in [6, 6.07) is 0.455. The van der Waals surface area contributed by atoms with Crippen molar-refractivity contribution in [2.24, 2.45) is 11.7 Å². The molecule has 0 aromatic carbocycles. The molecule has 2 nitrogen and oxygen atoms in total. The van der Waals surface area contributed by atoms with E-state index < -0.39 is 0 Å². The van der Waals surface area contributed by atoms with Gasteiger partial charge >= 0.3 is 0 Å². The molecule has 2 atom stereocenters. The lowest BCUT2D eigenvalue weighted by molar-refractivity contribution is 0.318. The molecule has 0 spiro atoms. The Hall–Kier alpha value is -0.0800. The molecule has 0 amide bonds. The van der Waals surface area contributed by atoms with Gasteiger partial charge in [0.05, 0.1) is 0 Å². The monoisotopic (exact) mass is 128 g/mol. The van der Waals surface area contributed by atoms with Gasteiger partial charge in [0.25, 0.3) is 0 Å². The van der Waals surface area contributed by atoms with E-state index in [-0.39, 0.29) is 0 Å². The summed E-state index contributed by atoms with van der Waals surface area (Å²) in [6.07, 6.45) is 2.37. The Kier molecular flexibility index (Phi) is 2.49. The first-order valence-corrected chi connectivity index (χ1v) is 3.81. The third-order valence-corrected chi connectivity index (χ3v) is 2.19. The molecule has 54 valence electrons. The largest absolute Gasteiger partial charge is 0.327 e. The number of hydrogen-bond donors (Lipinski definition) is 2. The van der Waals surface area contributed by atoms with Crippen molar-refractivity contribution in [1.29, 1.82) is 0 Å². The second-order valence-electron chi connectivity index (χ2n) is 2.82. The standard InChI is InChI=1S/C7H16N2/c1-2-6-5-9-4-3-7(6)8/h6-7,9H,2-5,8H2,1H3/t6-,7+/m0/s1. The summed E-state index contributed by atoms with van der Waals surface area (Å²) < 4.78 is 0. The van der Waals surface area contributed by atoms with Crippen LogP contribution in [-0.2, 0) is 0 Å². The van der Waals surface area contributed by atoms with E-state index in [1.54, 1.807) is 0 Å². The minimum absolute atomic E-state index is 0.455. The lowest BCUT2D eigenvalue weighted by Crippen LogP contribution is -2.44. The highest BCUT2D eigenvalue weighted by Gasteiger charge is 2.18. The lowest BCUT2D eigenvalue weighted by Gasteiger charge is -2.28. The Balaban J connectivity index is 2.30. The molecule has 1 saturated heterocycles. The molecule has 1 heterocycles. The van der Waals surface area contributed by atoms with Gasteiger partial charge in [-0.25, -0.2) is 0 Å². The maximum absolute atomic E-state index is 5.85. The SMILES string of the molecule is CC[C@H]1CNCC[C@H]1N. The fourth-order valence-electron chi connectivity index (χ4n) is 1.39. The minimum Gasteiger partial charge on any atom is -0.327 e. The second-order valence-corrected chi connectivity index (χ2v) is 2.82. The zero-order valence-corrected chi connectivity index (χ0v) is 6.06. The third-order valence-electron chi connectivity index (χ3n) is 2.19. The Labute approximate surface area is 56.8 Å². The molecular formula is C7H16N2. The van der Waals surface area contributed by atoms with Gasteiger partial charge in [0.2, 0.25) is 0 Å². The van der Waals surface area contributed by atoms with Gasteiger partial charge in [-0.05, 0) is 25.4 Å².